The van der Waals surface area contributed by atoms with Gasteiger partial charge >= 0.3 is 0 Å². The number of aromatic hydroxyl groups is 1. The fourth-order valence-electron chi connectivity index (χ4n) is 1.79. The molecule has 5 heteroatoms. The van der Waals surface area contributed by atoms with Crippen LogP contribution in [0, 0.1) is 0 Å². The van der Waals surface area contributed by atoms with Crippen molar-refractivity contribution in [2.24, 2.45) is 0 Å². The van der Waals surface area contributed by atoms with Crippen LogP contribution in [0.4, 0.5) is 0 Å². The standard InChI is InChI=1S/C13H7Cl2NO2/c14-9-4-2-1-3-7(9)13-8-5-10(15)11(17)6-12(8)18-16-13/h1-6,17H. The molecule has 0 unspecified atom stereocenters. The maximum absolute atomic E-state index is 9.51. The van der Waals surface area contributed by atoms with Crippen molar-refractivity contribution in [3.8, 4) is 17.0 Å². The Morgan fingerprint density at radius 2 is 1.83 bits per heavy atom. The molecule has 2 aromatic carbocycles. The molecule has 18 heavy (non-hydrogen) atoms. The molecule has 0 radical (unpaired) electrons. The monoisotopic (exact) mass is 279 g/mol. The van der Waals surface area contributed by atoms with Crippen molar-refractivity contribution in [2.45, 2.75) is 0 Å². The van der Waals surface area contributed by atoms with Crippen LogP contribution in [0.1, 0.15) is 0 Å². The highest BCUT2D eigenvalue weighted by molar-refractivity contribution is 6.34. The number of aromatic nitrogens is 1. The molecule has 0 aliphatic carbocycles. The molecule has 0 fully saturated rings. The average molecular weight is 280 g/mol. The van der Waals surface area contributed by atoms with Crippen molar-refractivity contribution < 1.29 is 9.63 Å². The molecule has 0 bridgehead atoms. The molecule has 3 nitrogen and oxygen atoms in total. The SMILES string of the molecule is Oc1cc2onc(-c3ccccc3Cl)c2cc1Cl. The summed E-state index contributed by atoms with van der Waals surface area (Å²) in [5.74, 6) is -0.0361. The van der Waals surface area contributed by atoms with E-state index in [0.717, 1.165) is 5.56 Å². The fourth-order valence-corrected chi connectivity index (χ4v) is 2.18. The smallest absolute Gasteiger partial charge is 0.171 e. The van der Waals surface area contributed by atoms with Gasteiger partial charge in [0.2, 0.25) is 0 Å². The van der Waals surface area contributed by atoms with Crippen molar-refractivity contribution in [3.63, 3.8) is 0 Å². The average Bonchev–Trinajstić information content (AvgIpc) is 2.73. The van der Waals surface area contributed by atoms with Gasteiger partial charge in [0.15, 0.2) is 5.58 Å². The van der Waals surface area contributed by atoms with Crippen molar-refractivity contribution in [3.05, 3.63) is 46.4 Å². The molecule has 1 N–H and O–H groups in total. The highest BCUT2D eigenvalue weighted by atomic mass is 35.5. The zero-order valence-corrected chi connectivity index (χ0v) is 10.5. The van der Waals surface area contributed by atoms with E-state index in [9.17, 15) is 5.11 Å². The second-order valence-corrected chi connectivity index (χ2v) is 4.63. The van der Waals surface area contributed by atoms with E-state index in [2.05, 4.69) is 5.16 Å². The topological polar surface area (TPSA) is 46.3 Å². The molecule has 3 rings (SSSR count). The summed E-state index contributed by atoms with van der Waals surface area (Å²) in [7, 11) is 0. The molecule has 0 amide bonds. The Morgan fingerprint density at radius 1 is 1.06 bits per heavy atom. The molecule has 0 aliphatic rings. The first-order valence-corrected chi connectivity index (χ1v) is 5.95. The third kappa shape index (κ3) is 1.72. The van der Waals surface area contributed by atoms with Gasteiger partial charge in [-0.2, -0.15) is 0 Å². The van der Waals surface area contributed by atoms with Crippen LogP contribution in [0.15, 0.2) is 40.9 Å². The summed E-state index contributed by atoms with van der Waals surface area (Å²) in [5, 5.41) is 15.0. The van der Waals surface area contributed by atoms with E-state index >= 15 is 0 Å². The lowest BCUT2D eigenvalue weighted by atomic mass is 10.1. The van der Waals surface area contributed by atoms with Crippen LogP contribution in [0.2, 0.25) is 10.0 Å². The second-order valence-electron chi connectivity index (χ2n) is 3.81. The molecule has 0 saturated carbocycles. The number of hydrogen-bond acceptors (Lipinski definition) is 3. The van der Waals surface area contributed by atoms with Gasteiger partial charge in [-0.05, 0) is 12.1 Å². The normalized spacial score (nSPS) is 11.0. The summed E-state index contributed by atoms with van der Waals surface area (Å²) in [6.07, 6.45) is 0. The van der Waals surface area contributed by atoms with E-state index in [1.54, 1.807) is 12.1 Å². The molecule has 3 aromatic rings. The first-order valence-electron chi connectivity index (χ1n) is 5.19. The highest BCUT2D eigenvalue weighted by Gasteiger charge is 2.15. The maximum Gasteiger partial charge on any atom is 0.171 e. The van der Waals surface area contributed by atoms with E-state index in [0.29, 0.717) is 21.7 Å². The molecule has 90 valence electrons. The molecule has 1 heterocycles. The Balaban J connectivity index is 2.31. The first-order chi connectivity index (χ1) is 8.66. The van der Waals surface area contributed by atoms with Crippen LogP contribution in [0.25, 0.3) is 22.2 Å². The van der Waals surface area contributed by atoms with Gasteiger partial charge in [0.25, 0.3) is 0 Å². The molecule has 0 aliphatic heterocycles. The summed E-state index contributed by atoms with van der Waals surface area (Å²) >= 11 is 12.0. The predicted molar refractivity (Wildman–Crippen MR) is 71.1 cm³/mol. The number of rotatable bonds is 1. The second kappa shape index (κ2) is 4.19. The summed E-state index contributed by atoms with van der Waals surface area (Å²) < 4.78 is 5.17. The Morgan fingerprint density at radius 3 is 2.61 bits per heavy atom. The van der Waals surface area contributed by atoms with Crippen LogP contribution in [0.5, 0.6) is 5.75 Å². The molecule has 0 atom stereocenters. The third-order valence-electron chi connectivity index (χ3n) is 2.67. The molecular weight excluding hydrogens is 273 g/mol. The minimum atomic E-state index is -0.0361. The van der Waals surface area contributed by atoms with E-state index in [-0.39, 0.29) is 10.8 Å². The van der Waals surface area contributed by atoms with Crippen LogP contribution in [0.3, 0.4) is 0 Å². The van der Waals surface area contributed by atoms with Gasteiger partial charge in [0.05, 0.1) is 15.4 Å². The summed E-state index contributed by atoms with van der Waals surface area (Å²) in [5.41, 5.74) is 1.84. The predicted octanol–water partition coefficient (Wildman–Crippen LogP) is 4.51. The van der Waals surface area contributed by atoms with Crippen LogP contribution < -0.4 is 0 Å². The minimum Gasteiger partial charge on any atom is -0.506 e. The number of fused-ring (bicyclic) bond motifs is 1. The van der Waals surface area contributed by atoms with Crippen LogP contribution >= 0.6 is 23.2 Å². The van der Waals surface area contributed by atoms with Gasteiger partial charge in [-0.25, -0.2) is 0 Å². The fraction of sp³-hybridized carbons (Fsp3) is 0. The van der Waals surface area contributed by atoms with Crippen LogP contribution in [-0.4, -0.2) is 10.3 Å². The van der Waals surface area contributed by atoms with E-state index in [4.69, 9.17) is 27.7 Å². The number of nitrogens with zero attached hydrogens (tertiary/aromatic N) is 1. The van der Waals surface area contributed by atoms with Crippen molar-refractivity contribution in [1.29, 1.82) is 0 Å². The summed E-state index contributed by atoms with van der Waals surface area (Å²) in [6, 6.07) is 10.4. The van der Waals surface area contributed by atoms with Gasteiger partial charge < -0.3 is 9.63 Å². The van der Waals surface area contributed by atoms with Crippen molar-refractivity contribution in [1.82, 2.24) is 5.16 Å². The van der Waals surface area contributed by atoms with E-state index < -0.39 is 0 Å². The molecular formula is C13H7Cl2NO2. The molecule has 0 spiro atoms. The van der Waals surface area contributed by atoms with Gasteiger partial charge in [0.1, 0.15) is 11.4 Å². The number of phenols is 1. The van der Waals surface area contributed by atoms with Crippen molar-refractivity contribution in [2.75, 3.05) is 0 Å². The lowest BCUT2D eigenvalue weighted by molar-refractivity contribution is 0.451. The maximum atomic E-state index is 9.51. The zero-order valence-electron chi connectivity index (χ0n) is 9.02. The quantitative estimate of drug-likeness (QED) is 0.713. The summed E-state index contributed by atoms with van der Waals surface area (Å²) in [4.78, 5) is 0. The summed E-state index contributed by atoms with van der Waals surface area (Å²) in [6.45, 7) is 0. The van der Waals surface area contributed by atoms with Crippen molar-refractivity contribution >= 4 is 34.2 Å². The Labute approximate surface area is 113 Å². The van der Waals surface area contributed by atoms with Crippen LogP contribution in [-0.2, 0) is 0 Å². The minimum absolute atomic E-state index is 0.0361. The zero-order chi connectivity index (χ0) is 12.7. The number of hydrogen-bond donors (Lipinski definition) is 1. The Hall–Kier alpha value is -1.71. The highest BCUT2D eigenvalue weighted by Crippen LogP contribution is 2.36. The first kappa shape index (κ1) is 11.4. The van der Waals surface area contributed by atoms with Gasteiger partial charge in [-0.3, -0.25) is 0 Å². The number of benzene rings is 2. The Bertz CT molecular complexity index is 737. The number of phenolic OH excluding ortho intramolecular Hbond substituents is 1. The molecule has 1 aromatic heterocycles. The van der Waals surface area contributed by atoms with E-state index in [1.807, 2.05) is 18.2 Å². The third-order valence-corrected chi connectivity index (χ3v) is 3.30. The van der Waals surface area contributed by atoms with Gasteiger partial charge in [-0.1, -0.05) is 46.6 Å². The van der Waals surface area contributed by atoms with Gasteiger partial charge in [0, 0.05) is 11.6 Å². The number of halogens is 2. The Kier molecular flexibility index (Phi) is 2.65. The van der Waals surface area contributed by atoms with E-state index in [1.165, 1.54) is 6.07 Å². The lowest BCUT2D eigenvalue weighted by Gasteiger charge is -2.00. The largest absolute Gasteiger partial charge is 0.506 e. The van der Waals surface area contributed by atoms with Gasteiger partial charge in [-0.15, -0.1) is 0 Å². The lowest BCUT2D eigenvalue weighted by Crippen LogP contribution is -1.80. The molecule has 0 saturated heterocycles.